The Morgan fingerprint density at radius 3 is 2.69 bits per heavy atom. The summed E-state index contributed by atoms with van der Waals surface area (Å²) in [6, 6.07) is 14.1. The molecule has 0 radical (unpaired) electrons. The average molecular weight is 369 g/mol. The molecule has 1 aliphatic carbocycles. The van der Waals surface area contributed by atoms with Gasteiger partial charge < -0.3 is 14.6 Å². The van der Waals surface area contributed by atoms with Gasteiger partial charge in [0.2, 0.25) is 0 Å². The summed E-state index contributed by atoms with van der Waals surface area (Å²) in [5.41, 5.74) is 0.946. The number of amides is 1. The van der Waals surface area contributed by atoms with Gasteiger partial charge in [0.05, 0.1) is 11.2 Å². The normalized spacial score (nSPS) is 27.9. The van der Waals surface area contributed by atoms with Crippen LogP contribution in [0.25, 0.3) is 6.08 Å². The van der Waals surface area contributed by atoms with E-state index in [0.29, 0.717) is 5.92 Å². The van der Waals surface area contributed by atoms with Crippen molar-refractivity contribution in [3.05, 3.63) is 59.4 Å². The van der Waals surface area contributed by atoms with Gasteiger partial charge in [-0.2, -0.15) is 0 Å². The van der Waals surface area contributed by atoms with Gasteiger partial charge in [-0.05, 0) is 43.0 Å². The maximum absolute atomic E-state index is 13.2. The summed E-state index contributed by atoms with van der Waals surface area (Å²) in [5, 5.41) is 3.55. The van der Waals surface area contributed by atoms with Crippen molar-refractivity contribution in [1.82, 2.24) is 4.90 Å². The van der Waals surface area contributed by atoms with E-state index in [1.807, 2.05) is 48.5 Å². The number of benzene rings is 1. The first-order chi connectivity index (χ1) is 12.7. The van der Waals surface area contributed by atoms with Crippen molar-refractivity contribution in [3.63, 3.8) is 0 Å². The minimum absolute atomic E-state index is 0.0864. The Hall–Kier alpha value is -2.14. The number of rotatable bonds is 4. The van der Waals surface area contributed by atoms with Crippen LogP contribution in [0, 0.1) is 5.92 Å². The summed E-state index contributed by atoms with van der Waals surface area (Å²) in [5.74, 6) is 1.35. The SMILES string of the molecule is C[C@@H]1CCCC[C@H]1N1C(=O)/C(=C/c2ccco2)SC1Nc1ccccc1. The largest absolute Gasteiger partial charge is 0.465 e. The molecule has 0 spiro atoms. The monoisotopic (exact) mass is 368 g/mol. The van der Waals surface area contributed by atoms with Crippen molar-refractivity contribution in [3.8, 4) is 0 Å². The van der Waals surface area contributed by atoms with Crippen LogP contribution < -0.4 is 5.32 Å². The van der Waals surface area contributed by atoms with Crippen molar-refractivity contribution in [1.29, 1.82) is 0 Å². The number of carbonyl (C=O) groups excluding carboxylic acids is 1. The molecule has 3 atom stereocenters. The summed E-state index contributed by atoms with van der Waals surface area (Å²) in [6.45, 7) is 2.27. The van der Waals surface area contributed by atoms with Gasteiger partial charge in [-0.1, -0.05) is 49.7 Å². The van der Waals surface area contributed by atoms with Gasteiger partial charge in [0.25, 0.3) is 5.91 Å². The Labute approximate surface area is 158 Å². The quantitative estimate of drug-likeness (QED) is 0.756. The van der Waals surface area contributed by atoms with E-state index in [4.69, 9.17) is 4.42 Å². The van der Waals surface area contributed by atoms with Crippen LogP contribution in [0.15, 0.2) is 58.1 Å². The second kappa shape index (κ2) is 7.62. The molecule has 2 fully saturated rings. The molecule has 1 aliphatic heterocycles. The first kappa shape index (κ1) is 17.3. The third kappa shape index (κ3) is 3.54. The number of nitrogens with one attached hydrogen (secondary N) is 1. The first-order valence-corrected chi connectivity index (χ1v) is 10.2. The maximum atomic E-state index is 13.2. The highest BCUT2D eigenvalue weighted by Crippen LogP contribution is 2.42. The molecule has 5 heteroatoms. The number of hydrogen-bond donors (Lipinski definition) is 1. The Morgan fingerprint density at radius 1 is 1.15 bits per heavy atom. The van der Waals surface area contributed by atoms with Gasteiger partial charge >= 0.3 is 0 Å². The molecule has 2 aliphatic rings. The number of carbonyl (C=O) groups is 1. The fourth-order valence-corrected chi connectivity index (χ4v) is 5.06. The van der Waals surface area contributed by atoms with Crippen molar-refractivity contribution < 1.29 is 9.21 Å². The molecule has 1 saturated carbocycles. The lowest BCUT2D eigenvalue weighted by atomic mass is 9.85. The molecule has 1 unspecified atom stereocenters. The highest BCUT2D eigenvalue weighted by atomic mass is 32.2. The second-order valence-electron chi connectivity index (χ2n) is 7.05. The average Bonchev–Trinajstić information content (AvgIpc) is 3.26. The Kier molecular flexibility index (Phi) is 5.07. The number of anilines is 1. The van der Waals surface area contributed by atoms with Gasteiger partial charge in [-0.3, -0.25) is 4.79 Å². The summed E-state index contributed by atoms with van der Waals surface area (Å²) in [4.78, 5) is 16.0. The van der Waals surface area contributed by atoms with Gasteiger partial charge in [0.15, 0.2) is 5.50 Å². The molecule has 1 saturated heterocycles. The molecule has 1 aromatic heterocycles. The molecule has 4 rings (SSSR count). The van der Waals surface area contributed by atoms with Gasteiger partial charge in [-0.15, -0.1) is 0 Å². The molecule has 1 N–H and O–H groups in total. The first-order valence-electron chi connectivity index (χ1n) is 9.28. The minimum atomic E-state index is -0.0864. The fraction of sp³-hybridized carbons (Fsp3) is 0.381. The van der Waals surface area contributed by atoms with E-state index in [1.54, 1.807) is 18.0 Å². The number of hydrogen-bond acceptors (Lipinski definition) is 4. The third-order valence-corrected chi connectivity index (χ3v) is 6.36. The molecular formula is C21H24N2O2S. The molecule has 1 amide bonds. The standard InChI is InChI=1S/C21H24N2O2S/c1-15-8-5-6-12-18(15)23-20(24)19(14-17-11-7-13-25-17)26-21(23)22-16-9-3-2-4-10-16/h2-4,7,9-11,13-15,18,21-22H,5-6,8,12H2,1H3/b19-14-/t15-,18-,21?/m1/s1. The highest BCUT2D eigenvalue weighted by molar-refractivity contribution is 8.05. The van der Waals surface area contributed by atoms with Gasteiger partial charge in [-0.25, -0.2) is 0 Å². The van der Waals surface area contributed by atoms with Crippen molar-refractivity contribution >= 4 is 29.4 Å². The predicted molar refractivity (Wildman–Crippen MR) is 106 cm³/mol. The molecule has 0 bridgehead atoms. The van der Waals surface area contributed by atoms with Crippen LogP contribution in [0.2, 0.25) is 0 Å². The smallest absolute Gasteiger partial charge is 0.263 e. The topological polar surface area (TPSA) is 45.5 Å². The Balaban J connectivity index is 1.63. The zero-order valence-corrected chi connectivity index (χ0v) is 15.7. The third-order valence-electron chi connectivity index (χ3n) is 5.24. The predicted octanol–water partition coefficient (Wildman–Crippen LogP) is 5.17. The van der Waals surface area contributed by atoms with Crippen molar-refractivity contribution in [2.45, 2.75) is 44.1 Å². The highest BCUT2D eigenvalue weighted by Gasteiger charge is 2.42. The van der Waals surface area contributed by atoms with E-state index in [2.05, 4.69) is 17.1 Å². The number of thioether (sulfide) groups is 1. The van der Waals surface area contributed by atoms with Gasteiger partial charge in [0.1, 0.15) is 5.76 Å². The lowest BCUT2D eigenvalue weighted by molar-refractivity contribution is -0.129. The molecule has 26 heavy (non-hydrogen) atoms. The molecule has 1 aromatic carbocycles. The van der Waals surface area contributed by atoms with Crippen LogP contribution in [0.3, 0.4) is 0 Å². The maximum Gasteiger partial charge on any atom is 0.263 e. The van der Waals surface area contributed by atoms with E-state index in [0.717, 1.165) is 22.8 Å². The number of para-hydroxylation sites is 1. The molecule has 4 nitrogen and oxygen atoms in total. The number of nitrogens with zero attached hydrogens (tertiary/aromatic N) is 1. The van der Waals surface area contributed by atoms with Gasteiger partial charge in [0, 0.05) is 17.8 Å². The Bertz CT molecular complexity index is 773. The van der Waals surface area contributed by atoms with Crippen LogP contribution in [0.4, 0.5) is 5.69 Å². The van der Waals surface area contributed by atoms with E-state index in [-0.39, 0.29) is 17.4 Å². The zero-order valence-electron chi connectivity index (χ0n) is 14.9. The van der Waals surface area contributed by atoms with Crippen LogP contribution in [-0.2, 0) is 4.79 Å². The second-order valence-corrected chi connectivity index (χ2v) is 8.17. The lowest BCUT2D eigenvalue weighted by Crippen LogP contribution is -2.48. The van der Waals surface area contributed by atoms with E-state index < -0.39 is 0 Å². The lowest BCUT2D eigenvalue weighted by Gasteiger charge is -2.39. The zero-order chi connectivity index (χ0) is 17.9. The van der Waals surface area contributed by atoms with E-state index in [9.17, 15) is 4.79 Å². The van der Waals surface area contributed by atoms with Crippen LogP contribution >= 0.6 is 11.8 Å². The van der Waals surface area contributed by atoms with Crippen molar-refractivity contribution in [2.75, 3.05) is 5.32 Å². The van der Waals surface area contributed by atoms with Crippen LogP contribution in [-0.4, -0.2) is 22.3 Å². The molecule has 136 valence electrons. The summed E-state index contributed by atoms with van der Waals surface area (Å²) in [6.07, 6.45) is 8.22. The Morgan fingerprint density at radius 2 is 1.96 bits per heavy atom. The van der Waals surface area contributed by atoms with Crippen LogP contribution in [0.1, 0.15) is 38.4 Å². The minimum Gasteiger partial charge on any atom is -0.465 e. The fourth-order valence-electron chi connectivity index (χ4n) is 3.87. The summed E-state index contributed by atoms with van der Waals surface area (Å²) in [7, 11) is 0. The number of furan rings is 1. The van der Waals surface area contributed by atoms with Crippen molar-refractivity contribution in [2.24, 2.45) is 5.92 Å². The van der Waals surface area contributed by atoms with E-state index >= 15 is 0 Å². The van der Waals surface area contributed by atoms with Crippen LogP contribution in [0.5, 0.6) is 0 Å². The molecule has 2 heterocycles. The molecular weight excluding hydrogens is 344 g/mol. The van der Waals surface area contributed by atoms with E-state index in [1.165, 1.54) is 19.3 Å². The molecule has 2 aromatic rings. The summed E-state index contributed by atoms with van der Waals surface area (Å²) < 4.78 is 5.42. The summed E-state index contributed by atoms with van der Waals surface area (Å²) >= 11 is 1.58.